The number of methoxy groups -OCH3 is 3. The zero-order valence-corrected chi connectivity index (χ0v) is 36.6. The number of hydrogen-bond donors (Lipinski definition) is 0. The minimum Gasteiger partial charge on any atom is -0.497 e. The van der Waals surface area contributed by atoms with Gasteiger partial charge in [-0.1, -0.05) is 62.1 Å². The second kappa shape index (κ2) is 22.8. The molecule has 3 aromatic carbocycles. The summed E-state index contributed by atoms with van der Waals surface area (Å²) in [5.74, 6) is -0.425. The largest absolute Gasteiger partial charge is 0.497 e. The predicted octanol–water partition coefficient (Wildman–Crippen LogP) is 9.08. The molecule has 3 aromatic rings. The Kier molecular flexibility index (Phi) is 18.2. The third-order valence-corrected chi connectivity index (χ3v) is 11.1. The third kappa shape index (κ3) is 15.2. The van der Waals surface area contributed by atoms with E-state index < -0.39 is 44.1 Å². The van der Waals surface area contributed by atoms with Gasteiger partial charge in [0.15, 0.2) is 19.4 Å². The Balaban J connectivity index is 1.56. The maximum Gasteiger partial charge on any atom is 0.342 e. The zero-order valence-electron chi connectivity index (χ0n) is 35.6. The first-order valence-electron chi connectivity index (χ1n) is 19.8. The lowest BCUT2D eigenvalue weighted by atomic mass is 9.98. The SMILES string of the molecule is COCOc1cc(/C=C/CC2OC(C)(C)OC2C(CCC[C@@H](C)OCc2ccc(OC)cc2)OC(=O)c2ccccc2)c(C(=O)OCC[Si](C)(C)C)c(OCOC)c1. The van der Waals surface area contributed by atoms with Gasteiger partial charge in [0.25, 0.3) is 0 Å². The first kappa shape index (κ1) is 46.4. The Hall–Kier alpha value is -4.24. The molecule has 58 heavy (non-hydrogen) atoms. The molecule has 1 heterocycles. The fraction of sp³-hybridized carbons (Fsp3) is 0.511. The maximum absolute atomic E-state index is 13.7. The maximum atomic E-state index is 13.7. The standard InChI is InChI=1S/C45H62O12Si/c1-32(52-29-33-21-23-36(50-6)24-22-33)15-13-19-38(55-43(46)34-16-11-10-12-17-34)42-39(56-45(2,3)57-42)20-14-18-35-27-37(53-30-48-4)28-40(54-31-49-5)41(35)44(47)51-25-26-58(7,8)9/h10-12,14,16-18,21-24,27-28,32,38-39,42H,13,15,19-20,25-26,29-31H2,1-9H3/b18-14+/t32-,38?,39?,42?/m1/s1. The van der Waals surface area contributed by atoms with Gasteiger partial charge in [-0.25, -0.2) is 9.59 Å². The molecule has 318 valence electrons. The van der Waals surface area contributed by atoms with Crippen LogP contribution < -0.4 is 14.2 Å². The van der Waals surface area contributed by atoms with Crippen molar-refractivity contribution in [2.75, 3.05) is 41.5 Å². The highest BCUT2D eigenvalue weighted by atomic mass is 28.3. The summed E-state index contributed by atoms with van der Waals surface area (Å²) in [6, 6.07) is 20.9. The van der Waals surface area contributed by atoms with E-state index in [0.717, 1.165) is 23.8 Å². The average Bonchev–Trinajstić information content (AvgIpc) is 3.51. The lowest BCUT2D eigenvalue weighted by Crippen LogP contribution is -2.39. The van der Waals surface area contributed by atoms with Crippen LogP contribution in [0.1, 0.15) is 78.3 Å². The second-order valence-electron chi connectivity index (χ2n) is 15.9. The van der Waals surface area contributed by atoms with Gasteiger partial charge in [0.2, 0.25) is 0 Å². The molecule has 4 atom stereocenters. The molecule has 1 aliphatic rings. The van der Waals surface area contributed by atoms with E-state index in [4.69, 9.17) is 47.4 Å². The minimum absolute atomic E-state index is 0.00639. The number of ether oxygens (including phenoxy) is 10. The minimum atomic E-state index is -1.47. The van der Waals surface area contributed by atoms with Crippen LogP contribution in [0.4, 0.5) is 0 Å². The van der Waals surface area contributed by atoms with Crippen LogP contribution in [0.3, 0.4) is 0 Å². The lowest BCUT2D eigenvalue weighted by molar-refractivity contribution is -0.156. The molecular weight excluding hydrogens is 761 g/mol. The summed E-state index contributed by atoms with van der Waals surface area (Å²) in [7, 11) is 3.20. The number of carbonyl (C=O) groups is 2. The highest BCUT2D eigenvalue weighted by Crippen LogP contribution is 2.36. The van der Waals surface area contributed by atoms with E-state index in [1.807, 2.05) is 63.3 Å². The molecule has 0 aromatic heterocycles. The van der Waals surface area contributed by atoms with Gasteiger partial charge in [-0.3, -0.25) is 0 Å². The highest BCUT2D eigenvalue weighted by molar-refractivity contribution is 6.76. The Labute approximate surface area is 345 Å². The molecule has 13 heteroatoms. The summed E-state index contributed by atoms with van der Waals surface area (Å²) >= 11 is 0. The summed E-state index contributed by atoms with van der Waals surface area (Å²) in [5.41, 5.74) is 2.26. The zero-order chi connectivity index (χ0) is 42.1. The smallest absolute Gasteiger partial charge is 0.342 e. The molecule has 0 N–H and O–H groups in total. The van der Waals surface area contributed by atoms with E-state index in [9.17, 15) is 9.59 Å². The molecule has 4 rings (SSSR count). The van der Waals surface area contributed by atoms with Gasteiger partial charge in [-0.2, -0.15) is 0 Å². The number of esters is 2. The van der Waals surface area contributed by atoms with Crippen LogP contribution in [-0.2, 0) is 39.8 Å². The Morgan fingerprint density at radius 2 is 1.57 bits per heavy atom. The van der Waals surface area contributed by atoms with Gasteiger partial charge in [-0.05, 0) is 94.0 Å². The van der Waals surface area contributed by atoms with Crippen LogP contribution in [0.2, 0.25) is 25.7 Å². The van der Waals surface area contributed by atoms with Crippen molar-refractivity contribution in [1.82, 2.24) is 0 Å². The van der Waals surface area contributed by atoms with Crippen LogP contribution in [0.25, 0.3) is 6.08 Å². The lowest BCUT2D eigenvalue weighted by Gasteiger charge is -2.27. The highest BCUT2D eigenvalue weighted by Gasteiger charge is 2.46. The van der Waals surface area contributed by atoms with Gasteiger partial charge < -0.3 is 47.4 Å². The van der Waals surface area contributed by atoms with Crippen molar-refractivity contribution in [3.63, 3.8) is 0 Å². The van der Waals surface area contributed by atoms with Gasteiger partial charge in [0, 0.05) is 28.4 Å². The molecule has 0 saturated carbocycles. The number of benzene rings is 3. The fourth-order valence-electron chi connectivity index (χ4n) is 6.34. The summed E-state index contributed by atoms with van der Waals surface area (Å²) in [5, 5.41) is 0. The van der Waals surface area contributed by atoms with Crippen molar-refractivity contribution >= 4 is 26.1 Å². The first-order chi connectivity index (χ1) is 27.7. The Morgan fingerprint density at radius 1 is 0.862 bits per heavy atom. The molecule has 0 aliphatic carbocycles. The molecule has 0 spiro atoms. The molecule has 3 unspecified atom stereocenters. The molecule has 0 amide bonds. The number of hydrogen-bond acceptors (Lipinski definition) is 12. The molecule has 1 fully saturated rings. The molecule has 0 radical (unpaired) electrons. The van der Waals surface area contributed by atoms with E-state index in [1.54, 1.807) is 43.5 Å². The first-order valence-corrected chi connectivity index (χ1v) is 23.5. The summed E-state index contributed by atoms with van der Waals surface area (Å²) in [6.45, 7) is 13.1. The quantitative estimate of drug-likeness (QED) is 0.0486. The molecule has 1 saturated heterocycles. The van der Waals surface area contributed by atoms with Gasteiger partial charge in [0.1, 0.15) is 35.0 Å². The van der Waals surface area contributed by atoms with Gasteiger partial charge >= 0.3 is 11.9 Å². The summed E-state index contributed by atoms with van der Waals surface area (Å²) < 4.78 is 58.3. The normalized spacial score (nSPS) is 17.5. The van der Waals surface area contributed by atoms with Crippen LogP contribution in [0.15, 0.2) is 72.8 Å². The van der Waals surface area contributed by atoms with Gasteiger partial charge in [-0.15, -0.1) is 0 Å². The van der Waals surface area contributed by atoms with Crippen molar-refractivity contribution < 1.29 is 57.0 Å². The van der Waals surface area contributed by atoms with Crippen molar-refractivity contribution in [2.24, 2.45) is 0 Å². The molecular formula is C45H62O12Si. The second-order valence-corrected chi connectivity index (χ2v) is 21.5. The van der Waals surface area contributed by atoms with Crippen LogP contribution in [0.5, 0.6) is 17.2 Å². The van der Waals surface area contributed by atoms with E-state index >= 15 is 0 Å². The summed E-state index contributed by atoms with van der Waals surface area (Å²) in [4.78, 5) is 27.2. The summed E-state index contributed by atoms with van der Waals surface area (Å²) in [6.07, 6.45) is 4.30. The predicted molar refractivity (Wildman–Crippen MR) is 224 cm³/mol. The van der Waals surface area contributed by atoms with E-state index in [1.165, 1.54) is 14.2 Å². The van der Waals surface area contributed by atoms with Crippen LogP contribution in [-0.4, -0.2) is 91.7 Å². The Bertz CT molecular complexity index is 1740. The van der Waals surface area contributed by atoms with Crippen molar-refractivity contribution in [3.8, 4) is 17.2 Å². The van der Waals surface area contributed by atoms with E-state index in [-0.39, 0.29) is 31.0 Å². The number of carbonyl (C=O) groups excluding carboxylic acids is 2. The molecule has 0 bridgehead atoms. The molecule has 1 aliphatic heterocycles. The van der Waals surface area contributed by atoms with Crippen molar-refractivity contribution in [1.29, 1.82) is 0 Å². The fourth-order valence-corrected chi connectivity index (χ4v) is 7.05. The van der Waals surface area contributed by atoms with E-state index in [0.29, 0.717) is 49.4 Å². The van der Waals surface area contributed by atoms with Crippen LogP contribution in [0, 0.1) is 0 Å². The topological polar surface area (TPSA) is 126 Å². The monoisotopic (exact) mass is 822 g/mol. The average molecular weight is 823 g/mol. The van der Waals surface area contributed by atoms with Crippen LogP contribution >= 0.6 is 0 Å². The van der Waals surface area contributed by atoms with Crippen molar-refractivity contribution in [3.05, 3.63) is 95.1 Å². The third-order valence-electron chi connectivity index (χ3n) is 9.39. The molecule has 12 nitrogen and oxygen atoms in total. The Morgan fingerprint density at radius 3 is 2.24 bits per heavy atom. The van der Waals surface area contributed by atoms with Gasteiger partial charge in [0.05, 0.1) is 38.1 Å². The van der Waals surface area contributed by atoms with E-state index in [2.05, 4.69) is 19.6 Å². The number of rotatable bonds is 24. The van der Waals surface area contributed by atoms with Crippen molar-refractivity contribution in [2.45, 2.75) is 109 Å².